The summed E-state index contributed by atoms with van der Waals surface area (Å²) in [4.78, 5) is 12.9. The average molecular weight is 180 g/mol. The molecule has 2 heterocycles. The number of carbonyl (C=O) groups is 1. The number of nitrogens with one attached hydrogen (secondary N) is 1. The molecule has 13 heavy (non-hydrogen) atoms. The third-order valence-corrected chi connectivity index (χ3v) is 2.30. The van der Waals surface area contributed by atoms with Crippen molar-refractivity contribution in [3.05, 3.63) is 24.0 Å². The monoisotopic (exact) mass is 180 g/mol. The van der Waals surface area contributed by atoms with E-state index in [9.17, 15) is 4.79 Å². The van der Waals surface area contributed by atoms with Crippen LogP contribution in [0, 0.1) is 0 Å². The lowest BCUT2D eigenvalue weighted by Gasteiger charge is -2.27. The molecule has 3 N–H and O–H groups in total. The van der Waals surface area contributed by atoms with E-state index in [-0.39, 0.29) is 6.03 Å². The summed E-state index contributed by atoms with van der Waals surface area (Å²) in [6, 6.07) is 3.78. The van der Waals surface area contributed by atoms with E-state index in [1.165, 1.54) is 0 Å². The molecule has 0 unspecified atom stereocenters. The van der Waals surface area contributed by atoms with Gasteiger partial charge in [0, 0.05) is 25.0 Å². The molecule has 70 valence electrons. The first kappa shape index (κ1) is 8.12. The average Bonchev–Trinajstić information content (AvgIpc) is 2.63. The number of nitrogens with two attached hydrogens (primary N) is 1. The Morgan fingerprint density at radius 3 is 3.15 bits per heavy atom. The van der Waals surface area contributed by atoms with Crippen molar-refractivity contribution in [2.75, 3.05) is 6.54 Å². The highest BCUT2D eigenvalue weighted by molar-refractivity contribution is 5.73. The van der Waals surface area contributed by atoms with Crippen molar-refractivity contribution in [2.45, 2.75) is 13.1 Å². The lowest BCUT2D eigenvalue weighted by Crippen LogP contribution is -2.46. The number of hydrogen-bond acceptors (Lipinski definition) is 2. The Kier molecular flexibility index (Phi) is 1.94. The molecule has 2 rings (SSSR count). The van der Waals surface area contributed by atoms with E-state index in [1.807, 2.05) is 18.3 Å². The van der Waals surface area contributed by atoms with Gasteiger partial charge in [-0.15, -0.1) is 0 Å². The smallest absolute Gasteiger partial charge is 0.331 e. The summed E-state index contributed by atoms with van der Waals surface area (Å²) in [6.07, 6.45) is 2.02. The maximum atomic E-state index is 11.2. The molecule has 1 aromatic rings. The largest absolute Gasteiger partial charge is 0.348 e. The van der Waals surface area contributed by atoms with Crippen LogP contribution in [0.2, 0.25) is 0 Å². The predicted octanol–water partition coefficient (Wildman–Crippen LogP) is -0.113. The molecular weight excluding hydrogens is 168 g/mol. The summed E-state index contributed by atoms with van der Waals surface area (Å²) in [5, 5.41) is 0. The number of nitrogens with zero attached hydrogens (tertiary/aromatic N) is 2. The summed E-state index contributed by atoms with van der Waals surface area (Å²) >= 11 is 0. The molecule has 1 aliphatic heterocycles. The second kappa shape index (κ2) is 3.10. The van der Waals surface area contributed by atoms with Gasteiger partial charge in [-0.25, -0.2) is 10.6 Å². The molecule has 2 amide bonds. The fourth-order valence-corrected chi connectivity index (χ4v) is 1.58. The van der Waals surface area contributed by atoms with Crippen LogP contribution in [0.3, 0.4) is 0 Å². The number of carbonyl (C=O) groups excluding carboxylic acids is 1. The van der Waals surface area contributed by atoms with E-state index in [0.29, 0.717) is 13.1 Å². The number of urea groups is 1. The van der Waals surface area contributed by atoms with Crippen molar-refractivity contribution in [1.29, 1.82) is 0 Å². The highest BCUT2D eigenvalue weighted by atomic mass is 16.2. The Labute approximate surface area is 76.1 Å². The van der Waals surface area contributed by atoms with Crippen molar-refractivity contribution in [3.8, 4) is 0 Å². The lowest BCUT2D eigenvalue weighted by molar-refractivity contribution is 0.184. The zero-order valence-corrected chi connectivity index (χ0v) is 7.23. The van der Waals surface area contributed by atoms with E-state index < -0.39 is 0 Å². The maximum Gasteiger partial charge on any atom is 0.331 e. The fraction of sp³-hybridized carbons (Fsp3) is 0.375. The number of rotatable bonds is 0. The number of amides is 2. The predicted molar refractivity (Wildman–Crippen MR) is 47.6 cm³/mol. The molecule has 0 aliphatic carbocycles. The van der Waals surface area contributed by atoms with Gasteiger partial charge in [0.15, 0.2) is 0 Å². The zero-order valence-electron chi connectivity index (χ0n) is 7.23. The molecule has 0 spiro atoms. The zero-order chi connectivity index (χ0) is 9.26. The topological polar surface area (TPSA) is 63.3 Å². The van der Waals surface area contributed by atoms with Crippen molar-refractivity contribution in [2.24, 2.45) is 5.84 Å². The molecule has 5 nitrogen and oxygen atoms in total. The number of aromatic nitrogens is 1. The number of hydrogen-bond donors (Lipinski definition) is 2. The second-order valence-electron chi connectivity index (χ2n) is 3.06. The third-order valence-electron chi connectivity index (χ3n) is 2.30. The Morgan fingerprint density at radius 1 is 1.54 bits per heavy atom. The van der Waals surface area contributed by atoms with E-state index in [4.69, 9.17) is 5.84 Å². The van der Waals surface area contributed by atoms with Gasteiger partial charge in [-0.2, -0.15) is 0 Å². The van der Waals surface area contributed by atoms with E-state index in [0.717, 1.165) is 12.2 Å². The first-order chi connectivity index (χ1) is 6.31. The Morgan fingerprint density at radius 2 is 2.38 bits per heavy atom. The number of fused-ring (bicyclic) bond motifs is 1. The minimum atomic E-state index is -0.215. The highest BCUT2D eigenvalue weighted by Crippen LogP contribution is 2.12. The van der Waals surface area contributed by atoms with Crippen LogP contribution in [0.1, 0.15) is 5.69 Å². The lowest BCUT2D eigenvalue weighted by atomic mass is 10.3. The van der Waals surface area contributed by atoms with Crippen LogP contribution in [-0.4, -0.2) is 22.0 Å². The molecule has 0 atom stereocenters. The third kappa shape index (κ3) is 1.38. The van der Waals surface area contributed by atoms with E-state index in [2.05, 4.69) is 9.99 Å². The van der Waals surface area contributed by atoms with Gasteiger partial charge in [0.25, 0.3) is 0 Å². The summed E-state index contributed by atoms with van der Waals surface area (Å²) in [6.45, 7) is 2.19. The quantitative estimate of drug-likeness (QED) is 0.332. The highest BCUT2D eigenvalue weighted by Gasteiger charge is 2.18. The van der Waals surface area contributed by atoms with E-state index in [1.54, 1.807) is 4.90 Å². The number of hydrazine groups is 1. The first-order valence-electron chi connectivity index (χ1n) is 4.21. The van der Waals surface area contributed by atoms with Crippen LogP contribution in [0.4, 0.5) is 4.79 Å². The van der Waals surface area contributed by atoms with Crippen LogP contribution in [0.5, 0.6) is 0 Å². The molecule has 0 aromatic carbocycles. The van der Waals surface area contributed by atoms with Gasteiger partial charge in [0.05, 0.1) is 6.54 Å². The van der Waals surface area contributed by atoms with Crippen molar-refractivity contribution in [1.82, 2.24) is 14.9 Å². The van der Waals surface area contributed by atoms with E-state index >= 15 is 0 Å². The van der Waals surface area contributed by atoms with Crippen molar-refractivity contribution in [3.63, 3.8) is 0 Å². The summed E-state index contributed by atoms with van der Waals surface area (Å²) in [7, 11) is 0. The minimum absolute atomic E-state index is 0.215. The van der Waals surface area contributed by atoms with Crippen LogP contribution in [0.15, 0.2) is 18.3 Å². The van der Waals surface area contributed by atoms with Gasteiger partial charge in [-0.1, -0.05) is 0 Å². The van der Waals surface area contributed by atoms with Gasteiger partial charge in [-0.3, -0.25) is 5.43 Å². The van der Waals surface area contributed by atoms with Gasteiger partial charge < -0.3 is 9.47 Å². The molecule has 1 aromatic heterocycles. The summed E-state index contributed by atoms with van der Waals surface area (Å²) in [5.41, 5.74) is 3.28. The summed E-state index contributed by atoms with van der Waals surface area (Å²) in [5.74, 6) is 5.05. The molecule has 0 radical (unpaired) electrons. The summed E-state index contributed by atoms with van der Waals surface area (Å²) < 4.78 is 2.14. The molecular formula is C8H12N4O. The van der Waals surface area contributed by atoms with Crippen molar-refractivity contribution >= 4 is 6.03 Å². The normalized spacial score (nSPS) is 15.3. The van der Waals surface area contributed by atoms with Gasteiger partial charge in [0.1, 0.15) is 0 Å². The van der Waals surface area contributed by atoms with Crippen LogP contribution < -0.4 is 11.3 Å². The molecule has 0 saturated carbocycles. The molecule has 0 saturated heterocycles. The molecule has 0 fully saturated rings. The molecule has 5 heteroatoms. The van der Waals surface area contributed by atoms with Gasteiger partial charge in [-0.05, 0) is 12.1 Å². The van der Waals surface area contributed by atoms with Gasteiger partial charge >= 0.3 is 6.03 Å². The fourth-order valence-electron chi connectivity index (χ4n) is 1.58. The minimum Gasteiger partial charge on any atom is -0.348 e. The first-order valence-corrected chi connectivity index (χ1v) is 4.21. The second-order valence-corrected chi connectivity index (χ2v) is 3.06. The van der Waals surface area contributed by atoms with Crippen molar-refractivity contribution < 1.29 is 4.79 Å². The van der Waals surface area contributed by atoms with Crippen LogP contribution >= 0.6 is 0 Å². The van der Waals surface area contributed by atoms with Gasteiger partial charge in [0.2, 0.25) is 0 Å². The Balaban J connectivity index is 2.13. The SMILES string of the molecule is NNC(=O)N1CCn2cccc2C1. The van der Waals surface area contributed by atoms with Crippen LogP contribution in [-0.2, 0) is 13.1 Å². The molecule has 0 bridgehead atoms. The Hall–Kier alpha value is -1.49. The Bertz CT molecular complexity index is 320. The molecule has 1 aliphatic rings. The standard InChI is InChI=1S/C8H12N4O/c9-10-8(13)12-5-4-11-3-1-2-7(11)6-12/h1-3H,4-6,9H2,(H,10,13). The van der Waals surface area contributed by atoms with Crippen LogP contribution in [0.25, 0.3) is 0 Å². The maximum absolute atomic E-state index is 11.2.